The Bertz CT molecular complexity index is 475. The van der Waals surface area contributed by atoms with Crippen LogP contribution >= 0.6 is 0 Å². The number of hydrogen-bond acceptors (Lipinski definition) is 7. The molecule has 110 valence electrons. The van der Waals surface area contributed by atoms with Crippen molar-refractivity contribution in [3.05, 3.63) is 17.8 Å². The molecule has 0 saturated carbocycles. The van der Waals surface area contributed by atoms with Gasteiger partial charge in [-0.25, -0.2) is 9.59 Å². The summed E-state index contributed by atoms with van der Waals surface area (Å²) in [5.41, 5.74) is -0.779. The number of rotatable bonds is 6. The summed E-state index contributed by atoms with van der Waals surface area (Å²) < 4.78 is 9.33. The third-order valence-corrected chi connectivity index (χ3v) is 2.85. The Labute approximate surface area is 117 Å². The predicted octanol–water partition coefficient (Wildman–Crippen LogP) is 1.41. The van der Waals surface area contributed by atoms with Gasteiger partial charge >= 0.3 is 11.9 Å². The van der Waals surface area contributed by atoms with E-state index in [-0.39, 0.29) is 11.7 Å². The van der Waals surface area contributed by atoms with Crippen molar-refractivity contribution in [1.29, 1.82) is 0 Å². The first kappa shape index (κ1) is 15.9. The Balaban J connectivity index is 2.89. The maximum Gasteiger partial charge on any atom is 0.358 e. The van der Waals surface area contributed by atoms with Crippen molar-refractivity contribution in [2.75, 3.05) is 19.5 Å². The minimum absolute atomic E-state index is 0.105. The lowest BCUT2D eigenvalue weighted by Crippen LogP contribution is -2.44. The zero-order chi connectivity index (χ0) is 15.2. The number of nitrogens with zero attached hydrogens (tertiary/aromatic N) is 2. The summed E-state index contributed by atoms with van der Waals surface area (Å²) >= 11 is 0. The Hall–Kier alpha value is -2.18. The highest BCUT2D eigenvalue weighted by Crippen LogP contribution is 2.20. The topological polar surface area (TPSA) is 90.4 Å². The van der Waals surface area contributed by atoms with Crippen LogP contribution in [0.5, 0.6) is 0 Å². The molecule has 1 aromatic heterocycles. The smallest absolute Gasteiger partial charge is 0.358 e. The molecule has 20 heavy (non-hydrogen) atoms. The molecule has 1 N–H and O–H groups in total. The summed E-state index contributed by atoms with van der Waals surface area (Å²) in [4.78, 5) is 23.1. The van der Waals surface area contributed by atoms with Crippen LogP contribution in [0, 0.1) is 0 Å². The molecule has 0 aliphatic carbocycles. The van der Waals surface area contributed by atoms with Crippen molar-refractivity contribution >= 4 is 17.8 Å². The van der Waals surface area contributed by atoms with Gasteiger partial charge in [0.15, 0.2) is 5.69 Å². The largest absolute Gasteiger partial charge is 0.467 e. The van der Waals surface area contributed by atoms with Crippen molar-refractivity contribution in [3.63, 3.8) is 0 Å². The van der Waals surface area contributed by atoms with E-state index in [1.54, 1.807) is 13.0 Å². The molecule has 1 heterocycles. The molecule has 0 aliphatic heterocycles. The van der Waals surface area contributed by atoms with Crippen LogP contribution in [0.15, 0.2) is 12.1 Å². The molecule has 7 heteroatoms. The number of nitrogens with one attached hydrogen (secondary N) is 1. The van der Waals surface area contributed by atoms with E-state index in [9.17, 15) is 9.59 Å². The monoisotopic (exact) mass is 281 g/mol. The first-order chi connectivity index (χ1) is 9.46. The van der Waals surface area contributed by atoms with Crippen molar-refractivity contribution in [2.45, 2.75) is 32.2 Å². The maximum absolute atomic E-state index is 11.8. The van der Waals surface area contributed by atoms with Crippen LogP contribution in [0.2, 0.25) is 0 Å². The molecule has 7 nitrogen and oxygen atoms in total. The van der Waals surface area contributed by atoms with Crippen LogP contribution in [0.1, 0.15) is 37.2 Å². The average molecular weight is 281 g/mol. The third kappa shape index (κ3) is 3.66. The molecule has 1 rings (SSSR count). The van der Waals surface area contributed by atoms with Crippen molar-refractivity contribution < 1.29 is 19.1 Å². The quantitative estimate of drug-likeness (QED) is 0.788. The van der Waals surface area contributed by atoms with Crippen LogP contribution in [-0.4, -0.2) is 41.9 Å². The summed E-state index contributed by atoms with van der Waals surface area (Å²) in [5.74, 6) is -0.550. The number of carbonyl (C=O) groups is 2. The molecule has 0 aromatic carbocycles. The molecule has 1 unspecified atom stereocenters. The molecule has 0 fully saturated rings. The fraction of sp³-hybridized carbons (Fsp3) is 0.538. The second kappa shape index (κ2) is 6.83. The van der Waals surface area contributed by atoms with E-state index in [2.05, 4.69) is 20.3 Å². The average Bonchev–Trinajstić information content (AvgIpc) is 2.46. The van der Waals surface area contributed by atoms with Crippen LogP contribution in [-0.2, 0) is 14.3 Å². The van der Waals surface area contributed by atoms with E-state index < -0.39 is 11.5 Å². The van der Waals surface area contributed by atoms with Gasteiger partial charge in [0.1, 0.15) is 11.4 Å². The standard InChI is InChI=1S/C13H19N3O4/c1-5-8-13(2,12(18)20-4)14-10-7-6-9(15-16-10)11(17)19-3/h6-7H,5,8H2,1-4H3,(H,14,16). The van der Waals surface area contributed by atoms with E-state index in [4.69, 9.17) is 4.74 Å². The fourth-order valence-electron chi connectivity index (χ4n) is 1.84. The third-order valence-electron chi connectivity index (χ3n) is 2.85. The van der Waals surface area contributed by atoms with Gasteiger partial charge in [0.05, 0.1) is 14.2 Å². The highest BCUT2D eigenvalue weighted by atomic mass is 16.5. The Morgan fingerprint density at radius 1 is 1.25 bits per heavy atom. The summed E-state index contributed by atoms with van der Waals surface area (Å²) in [5, 5.41) is 10.6. The molecule has 0 radical (unpaired) electrons. The summed E-state index contributed by atoms with van der Waals surface area (Å²) in [6, 6.07) is 3.04. The van der Waals surface area contributed by atoms with Crippen molar-refractivity contribution in [1.82, 2.24) is 10.2 Å². The van der Waals surface area contributed by atoms with E-state index in [1.165, 1.54) is 20.3 Å². The molecule has 0 amide bonds. The van der Waals surface area contributed by atoms with Gasteiger partial charge in [-0.2, -0.15) is 0 Å². The number of carbonyl (C=O) groups excluding carboxylic acids is 2. The molecule has 0 spiro atoms. The normalized spacial score (nSPS) is 13.2. The molecule has 0 saturated heterocycles. The number of ether oxygens (including phenoxy) is 2. The summed E-state index contributed by atoms with van der Waals surface area (Å²) in [6.45, 7) is 3.70. The minimum Gasteiger partial charge on any atom is -0.467 e. The second-order valence-electron chi connectivity index (χ2n) is 4.49. The van der Waals surface area contributed by atoms with E-state index >= 15 is 0 Å². The second-order valence-corrected chi connectivity index (χ2v) is 4.49. The van der Waals surface area contributed by atoms with Crippen LogP contribution in [0.25, 0.3) is 0 Å². The predicted molar refractivity (Wildman–Crippen MR) is 72.3 cm³/mol. The molecule has 1 aromatic rings. The van der Waals surface area contributed by atoms with E-state index in [1.807, 2.05) is 6.92 Å². The number of hydrogen-bond donors (Lipinski definition) is 1. The van der Waals surface area contributed by atoms with Gasteiger partial charge < -0.3 is 14.8 Å². The van der Waals surface area contributed by atoms with Gasteiger partial charge in [-0.15, -0.1) is 10.2 Å². The van der Waals surface area contributed by atoms with Gasteiger partial charge in [0, 0.05) is 0 Å². The number of esters is 2. The van der Waals surface area contributed by atoms with Gasteiger partial charge in [-0.1, -0.05) is 13.3 Å². The highest BCUT2D eigenvalue weighted by Gasteiger charge is 2.33. The van der Waals surface area contributed by atoms with Crippen LogP contribution in [0.3, 0.4) is 0 Å². The maximum atomic E-state index is 11.8. The highest BCUT2D eigenvalue weighted by molar-refractivity contribution is 5.87. The Morgan fingerprint density at radius 3 is 2.40 bits per heavy atom. The number of aromatic nitrogens is 2. The lowest BCUT2D eigenvalue weighted by Gasteiger charge is -2.27. The van der Waals surface area contributed by atoms with E-state index in [0.29, 0.717) is 12.2 Å². The van der Waals surface area contributed by atoms with Crippen molar-refractivity contribution in [3.8, 4) is 0 Å². The van der Waals surface area contributed by atoms with Gasteiger partial charge in [-0.3, -0.25) is 0 Å². The number of methoxy groups -OCH3 is 2. The molecule has 1 atom stereocenters. The zero-order valence-corrected chi connectivity index (χ0v) is 12.1. The van der Waals surface area contributed by atoms with Crippen LogP contribution < -0.4 is 5.32 Å². The van der Waals surface area contributed by atoms with E-state index in [0.717, 1.165) is 6.42 Å². The SMILES string of the molecule is CCCC(C)(Nc1ccc(C(=O)OC)nn1)C(=O)OC. The first-order valence-corrected chi connectivity index (χ1v) is 6.25. The summed E-state index contributed by atoms with van der Waals surface area (Å²) in [6.07, 6.45) is 1.38. The molecular weight excluding hydrogens is 262 g/mol. The van der Waals surface area contributed by atoms with Gasteiger partial charge in [0.2, 0.25) is 0 Å². The minimum atomic E-state index is -0.884. The Kier molecular flexibility index (Phi) is 5.42. The number of anilines is 1. The first-order valence-electron chi connectivity index (χ1n) is 6.25. The van der Waals surface area contributed by atoms with Crippen LogP contribution in [0.4, 0.5) is 5.82 Å². The molecule has 0 bridgehead atoms. The fourth-order valence-corrected chi connectivity index (χ4v) is 1.84. The van der Waals surface area contributed by atoms with Gasteiger partial charge in [0.25, 0.3) is 0 Å². The molecule has 0 aliphatic rings. The molecular formula is C13H19N3O4. The lowest BCUT2D eigenvalue weighted by atomic mass is 9.96. The van der Waals surface area contributed by atoms with Gasteiger partial charge in [-0.05, 0) is 25.5 Å². The lowest BCUT2D eigenvalue weighted by molar-refractivity contribution is -0.145. The zero-order valence-electron chi connectivity index (χ0n) is 12.1. The summed E-state index contributed by atoms with van der Waals surface area (Å²) in [7, 11) is 2.61. The Morgan fingerprint density at radius 2 is 1.95 bits per heavy atom. The van der Waals surface area contributed by atoms with Crippen molar-refractivity contribution in [2.24, 2.45) is 0 Å².